The first-order valence-electron chi connectivity index (χ1n) is 8.44. The van der Waals surface area contributed by atoms with Gasteiger partial charge in [-0.25, -0.2) is 22.4 Å². The van der Waals surface area contributed by atoms with Crippen molar-refractivity contribution in [3.63, 3.8) is 0 Å². The van der Waals surface area contributed by atoms with Crippen LogP contribution in [-0.4, -0.2) is 72.2 Å². The molecule has 1 aromatic carbocycles. The first kappa shape index (κ1) is 19.6. The number of rotatable bonds is 4. The molecule has 2 fully saturated rings. The number of carbonyl (C=O) groups excluding carboxylic acids is 1. The molecule has 3 rings (SSSR count). The summed E-state index contributed by atoms with van der Waals surface area (Å²) in [6.45, 7) is 1.45. The van der Waals surface area contributed by atoms with Gasteiger partial charge in [0.15, 0.2) is 29.1 Å². The minimum absolute atomic E-state index is 0.0347. The Bertz CT molecular complexity index is 729. The van der Waals surface area contributed by atoms with Crippen molar-refractivity contribution in [1.29, 1.82) is 0 Å². The van der Waals surface area contributed by atoms with Gasteiger partial charge in [-0.2, -0.15) is 0 Å². The Balaban J connectivity index is 1.83. The summed E-state index contributed by atoms with van der Waals surface area (Å²) in [6.07, 6.45) is -1.68. The van der Waals surface area contributed by atoms with Crippen molar-refractivity contribution >= 4 is 11.9 Å². The van der Waals surface area contributed by atoms with Crippen molar-refractivity contribution in [2.75, 3.05) is 39.4 Å². The molecule has 2 atom stereocenters. The fourth-order valence-corrected chi connectivity index (χ4v) is 3.60. The van der Waals surface area contributed by atoms with Gasteiger partial charge in [-0.05, 0) is 6.42 Å². The number of hydrogen-bond donors (Lipinski definition) is 1. The Kier molecular flexibility index (Phi) is 5.66. The molecule has 2 saturated heterocycles. The lowest BCUT2D eigenvalue weighted by Crippen LogP contribution is -2.46. The van der Waals surface area contributed by atoms with E-state index in [4.69, 9.17) is 4.74 Å². The van der Waals surface area contributed by atoms with Crippen LogP contribution in [0.15, 0.2) is 6.07 Å². The number of carboxylic acid groups (broad SMARTS) is 1. The number of likely N-dealkylation sites (tertiary alicyclic amines) is 1. The lowest BCUT2D eigenvalue weighted by molar-refractivity contribution is -0.125. The van der Waals surface area contributed by atoms with E-state index in [0.717, 1.165) is 4.90 Å². The second-order valence-electron chi connectivity index (χ2n) is 6.62. The van der Waals surface area contributed by atoms with E-state index in [9.17, 15) is 32.3 Å². The average Bonchev–Trinajstić information content (AvgIpc) is 3.07. The zero-order chi connectivity index (χ0) is 19.7. The molecule has 0 spiro atoms. The van der Waals surface area contributed by atoms with E-state index in [1.807, 2.05) is 0 Å². The molecule has 148 valence electrons. The Morgan fingerprint density at radius 2 is 1.70 bits per heavy atom. The second kappa shape index (κ2) is 7.81. The molecule has 2 heterocycles. The molecule has 1 N–H and O–H groups in total. The Hall–Kier alpha value is -2.20. The maximum atomic E-state index is 14.1. The van der Waals surface area contributed by atoms with Crippen LogP contribution in [0.3, 0.4) is 0 Å². The summed E-state index contributed by atoms with van der Waals surface area (Å²) in [5.74, 6) is -7.84. The van der Waals surface area contributed by atoms with Crippen molar-refractivity contribution in [2.24, 2.45) is 0 Å². The highest BCUT2D eigenvalue weighted by Crippen LogP contribution is 2.36. The number of ether oxygens (including phenoxy) is 1. The monoisotopic (exact) mass is 390 g/mol. The number of morpholine rings is 1. The first-order valence-corrected chi connectivity index (χ1v) is 8.44. The molecule has 2 aliphatic heterocycles. The van der Waals surface area contributed by atoms with Gasteiger partial charge in [-0.1, -0.05) is 0 Å². The summed E-state index contributed by atoms with van der Waals surface area (Å²) in [6, 6.07) is -1.04. The summed E-state index contributed by atoms with van der Waals surface area (Å²) in [5, 5.41) is 9.36. The number of amides is 1. The fourth-order valence-electron chi connectivity index (χ4n) is 3.60. The van der Waals surface area contributed by atoms with Crippen molar-refractivity contribution in [1.82, 2.24) is 9.80 Å². The molecule has 0 radical (unpaired) electrons. The average molecular weight is 390 g/mol. The Labute approximate surface area is 152 Å². The van der Waals surface area contributed by atoms with Gasteiger partial charge in [-0.15, -0.1) is 0 Å². The van der Waals surface area contributed by atoms with Crippen LogP contribution in [0.25, 0.3) is 0 Å². The Morgan fingerprint density at radius 1 is 1.11 bits per heavy atom. The van der Waals surface area contributed by atoms with Crippen molar-refractivity contribution in [2.45, 2.75) is 18.4 Å². The molecule has 1 unspecified atom stereocenters. The summed E-state index contributed by atoms with van der Waals surface area (Å²) < 4.78 is 60.3. The van der Waals surface area contributed by atoms with E-state index in [-0.39, 0.29) is 19.0 Å². The van der Waals surface area contributed by atoms with Gasteiger partial charge in [0.1, 0.15) is 0 Å². The van der Waals surface area contributed by atoms with E-state index in [1.165, 1.54) is 0 Å². The molecule has 1 aromatic rings. The molecule has 0 saturated carbocycles. The number of carbonyl (C=O) groups is 2. The maximum Gasteiger partial charge on any atom is 0.407 e. The standard InChI is InChI=1S/C17H18F4N2O4/c18-10-6-11(19)16(21)14(15(10)20)9-5-12(23(7-9)17(25)26)13(24)8-22-1-3-27-4-2-22/h6,9,12H,1-5,7-8H2,(H,25,26)/t9-,12?/m0/s1. The molecular weight excluding hydrogens is 372 g/mol. The van der Waals surface area contributed by atoms with Crippen molar-refractivity contribution < 1.29 is 37.0 Å². The molecule has 10 heteroatoms. The zero-order valence-corrected chi connectivity index (χ0v) is 14.3. The highest BCUT2D eigenvalue weighted by atomic mass is 19.2. The highest BCUT2D eigenvalue weighted by Gasteiger charge is 2.43. The number of nitrogens with zero attached hydrogens (tertiary/aromatic N) is 2. The van der Waals surface area contributed by atoms with Crippen LogP contribution < -0.4 is 0 Å². The molecule has 0 bridgehead atoms. The van der Waals surface area contributed by atoms with Crippen molar-refractivity contribution in [3.05, 3.63) is 34.9 Å². The largest absolute Gasteiger partial charge is 0.465 e. The van der Waals surface area contributed by atoms with Crippen LogP contribution in [0.2, 0.25) is 0 Å². The van der Waals surface area contributed by atoms with Crippen LogP contribution in [-0.2, 0) is 9.53 Å². The van der Waals surface area contributed by atoms with Gasteiger partial charge in [-0.3, -0.25) is 14.6 Å². The van der Waals surface area contributed by atoms with Crippen LogP contribution in [0.5, 0.6) is 0 Å². The fraction of sp³-hybridized carbons (Fsp3) is 0.529. The van der Waals surface area contributed by atoms with E-state index >= 15 is 0 Å². The Morgan fingerprint density at radius 3 is 2.26 bits per heavy atom. The summed E-state index contributed by atoms with van der Waals surface area (Å²) in [7, 11) is 0. The molecule has 27 heavy (non-hydrogen) atoms. The number of benzene rings is 1. The summed E-state index contributed by atoms with van der Waals surface area (Å²) >= 11 is 0. The smallest absolute Gasteiger partial charge is 0.407 e. The topological polar surface area (TPSA) is 70.1 Å². The third-order valence-corrected chi connectivity index (χ3v) is 4.96. The van der Waals surface area contributed by atoms with Crippen LogP contribution in [0.4, 0.5) is 22.4 Å². The molecule has 6 nitrogen and oxygen atoms in total. The van der Waals surface area contributed by atoms with Gasteiger partial charge < -0.3 is 9.84 Å². The summed E-state index contributed by atoms with van der Waals surface area (Å²) in [5.41, 5.74) is -0.861. The molecule has 1 amide bonds. The van der Waals surface area contributed by atoms with Gasteiger partial charge in [0.2, 0.25) is 0 Å². The van der Waals surface area contributed by atoms with Crippen LogP contribution in [0.1, 0.15) is 17.9 Å². The lowest BCUT2D eigenvalue weighted by Gasteiger charge is -2.28. The number of halogens is 4. The van der Waals surface area contributed by atoms with Gasteiger partial charge in [0.25, 0.3) is 0 Å². The van der Waals surface area contributed by atoms with E-state index in [2.05, 4.69) is 0 Å². The van der Waals surface area contributed by atoms with Crippen molar-refractivity contribution in [3.8, 4) is 0 Å². The third-order valence-electron chi connectivity index (χ3n) is 4.96. The molecule has 0 aromatic heterocycles. The first-order chi connectivity index (χ1) is 12.8. The normalized spacial score (nSPS) is 23.6. The SMILES string of the molecule is O=C(CN1CCOCC1)C1C[C@H](c2c(F)c(F)cc(F)c2F)CN1C(=O)O. The van der Waals surface area contributed by atoms with Crippen LogP contribution >= 0.6 is 0 Å². The lowest BCUT2D eigenvalue weighted by atomic mass is 9.93. The predicted octanol–water partition coefficient (Wildman–Crippen LogP) is 1.98. The van der Waals surface area contributed by atoms with Gasteiger partial charge >= 0.3 is 6.09 Å². The third kappa shape index (κ3) is 3.91. The number of ketones is 1. The predicted molar refractivity (Wildman–Crippen MR) is 84.4 cm³/mol. The van der Waals surface area contributed by atoms with E-state index < -0.39 is 59.2 Å². The number of Topliss-reactive ketones (excluding diaryl/α,β-unsaturated/α-hetero) is 1. The molecule has 0 aliphatic carbocycles. The highest BCUT2D eigenvalue weighted by molar-refractivity contribution is 5.89. The number of hydrogen-bond acceptors (Lipinski definition) is 4. The zero-order valence-electron chi connectivity index (χ0n) is 14.3. The maximum absolute atomic E-state index is 14.1. The van der Waals surface area contributed by atoms with E-state index in [0.29, 0.717) is 26.3 Å². The van der Waals surface area contributed by atoms with Crippen LogP contribution in [0, 0.1) is 23.3 Å². The summed E-state index contributed by atoms with van der Waals surface area (Å²) in [4.78, 5) is 26.6. The quantitative estimate of drug-likeness (QED) is 0.629. The molecular formula is C17H18F4N2O4. The molecule has 2 aliphatic rings. The minimum Gasteiger partial charge on any atom is -0.465 e. The minimum atomic E-state index is -1.56. The van der Waals surface area contributed by atoms with Gasteiger partial charge in [0.05, 0.1) is 25.8 Å². The second-order valence-corrected chi connectivity index (χ2v) is 6.62. The van der Waals surface area contributed by atoms with Gasteiger partial charge in [0, 0.05) is 37.2 Å². The van der Waals surface area contributed by atoms with E-state index in [1.54, 1.807) is 4.90 Å².